The van der Waals surface area contributed by atoms with E-state index in [9.17, 15) is 4.39 Å². The van der Waals surface area contributed by atoms with Crippen molar-refractivity contribution in [1.82, 2.24) is 0 Å². The lowest BCUT2D eigenvalue weighted by Gasteiger charge is -1.48. The molecule has 0 rings (SSSR count). The van der Waals surface area contributed by atoms with Gasteiger partial charge in [0.15, 0.2) is 0 Å². The third-order valence-corrected chi connectivity index (χ3v) is 0. The number of nitrogens with two attached hydrogens (primary N) is 1. The summed E-state index contributed by atoms with van der Waals surface area (Å²) in [5, 5.41) is 4.36. The van der Waals surface area contributed by atoms with Crippen LogP contribution in [-0.4, -0.2) is 5.97 Å². The molecule has 0 heterocycles. The van der Waals surface area contributed by atoms with Crippen molar-refractivity contribution in [3.63, 3.8) is 0 Å². The molecule has 0 radical (unpaired) electrons. The summed E-state index contributed by atoms with van der Waals surface area (Å²) in [5.74, 6) is -0.583. The molecule has 0 aromatic heterocycles. The third-order valence-electron chi connectivity index (χ3n) is 0. The maximum atomic E-state index is 10.7. The lowest BCUT2D eigenvalue weighted by molar-refractivity contribution is -0.126. The molecular formula is C2H7F4N. The summed E-state index contributed by atoms with van der Waals surface area (Å²) in [4.78, 5) is 0. The summed E-state index contributed by atoms with van der Waals surface area (Å²) in [6, 6.07) is 0. The fourth-order valence-corrected chi connectivity index (χ4v) is 0. The summed E-state index contributed by atoms with van der Waals surface area (Å²) in [5.41, 5.74) is 0. The second kappa shape index (κ2) is 18.2. The zero-order chi connectivity index (χ0) is 3.58. The molecule has 7 heavy (non-hydrogen) atoms. The molecule has 0 unspecified atom stereocenters. The molecule has 0 bridgehead atoms. The highest BCUT2D eigenvalue weighted by atomic mass is 19.1. The van der Waals surface area contributed by atoms with Gasteiger partial charge in [-0.2, -0.15) is 0 Å². The Kier molecular flexibility index (Phi) is 84.4. The zero-order valence-electron chi connectivity index (χ0n) is 3.65. The van der Waals surface area contributed by atoms with E-state index in [1.807, 2.05) is 0 Å². The fraction of sp³-hybridized carbons (Fsp3) is 0.500. The molecule has 0 aliphatic carbocycles. The summed E-state index contributed by atoms with van der Waals surface area (Å²) in [6.07, 6.45) is 0. The zero-order valence-corrected chi connectivity index (χ0v) is 3.65. The normalized spacial score (nSPS) is 3.71. The molecule has 1 nitrogen and oxygen atoms in total. The van der Waals surface area contributed by atoms with E-state index in [1.54, 1.807) is 0 Å². The largest absolute Gasteiger partial charge is 1.00 e. The highest BCUT2D eigenvalue weighted by molar-refractivity contribution is 5.64. The van der Waals surface area contributed by atoms with Crippen molar-refractivity contribution < 1.29 is 23.9 Å². The van der Waals surface area contributed by atoms with E-state index in [2.05, 4.69) is 5.41 Å². The van der Waals surface area contributed by atoms with Crippen LogP contribution in [0.3, 0.4) is 0 Å². The van der Waals surface area contributed by atoms with Gasteiger partial charge in [0.2, 0.25) is 0 Å². The molecule has 0 aliphatic rings. The van der Waals surface area contributed by atoms with Crippen LogP contribution in [0, 0.1) is 0 Å². The van der Waals surface area contributed by atoms with Crippen molar-refractivity contribution in [2.75, 3.05) is 0 Å². The van der Waals surface area contributed by atoms with E-state index in [0.29, 0.717) is 0 Å². The maximum absolute atomic E-state index is 10.7. The second-order valence-corrected chi connectivity index (χ2v) is 0.587. The fourth-order valence-electron chi connectivity index (χ4n) is 0. The summed E-state index contributed by atoms with van der Waals surface area (Å²) >= 11 is 0. The van der Waals surface area contributed by atoms with E-state index >= 15 is 0 Å². The first-order valence-electron chi connectivity index (χ1n) is 0.978. The predicted octanol–water partition coefficient (Wildman–Crippen LogP) is -3.56. The Balaban J connectivity index is -0.0000000150. The van der Waals surface area contributed by atoms with Gasteiger partial charge in [-0.15, -0.1) is 4.39 Å². The van der Waals surface area contributed by atoms with Crippen LogP contribution in [0.2, 0.25) is 0 Å². The third kappa shape index (κ3) is 166. The SMILES string of the molecule is CC(=[NH2+])F.F.F.[F-]. The molecule has 0 spiro atoms. The molecule has 0 atom stereocenters. The van der Waals surface area contributed by atoms with Gasteiger partial charge >= 0.3 is 5.97 Å². The van der Waals surface area contributed by atoms with Crippen molar-refractivity contribution in [2.45, 2.75) is 6.92 Å². The molecule has 0 fully saturated rings. The second-order valence-electron chi connectivity index (χ2n) is 0.587. The highest BCUT2D eigenvalue weighted by Gasteiger charge is 1.72. The van der Waals surface area contributed by atoms with Gasteiger partial charge in [-0.25, -0.2) is 5.41 Å². The highest BCUT2D eigenvalue weighted by Crippen LogP contribution is 1.51. The van der Waals surface area contributed by atoms with Crippen LogP contribution in [0.5, 0.6) is 0 Å². The van der Waals surface area contributed by atoms with Crippen molar-refractivity contribution in [1.29, 1.82) is 0 Å². The van der Waals surface area contributed by atoms with Gasteiger partial charge < -0.3 is 4.70 Å². The van der Waals surface area contributed by atoms with Gasteiger partial charge in [0.25, 0.3) is 0 Å². The lowest BCUT2D eigenvalue weighted by atomic mass is 10.9. The predicted molar refractivity (Wildman–Crippen MR) is 18.7 cm³/mol. The monoisotopic (exact) mass is 121 g/mol. The van der Waals surface area contributed by atoms with E-state index in [4.69, 9.17) is 0 Å². The quantitative estimate of drug-likeness (QED) is 0.253. The van der Waals surface area contributed by atoms with Crippen LogP contribution < -0.4 is 10.1 Å². The van der Waals surface area contributed by atoms with Crippen LogP contribution in [-0.2, 0) is 0 Å². The molecule has 0 saturated heterocycles. The minimum absolute atomic E-state index is 0. The van der Waals surface area contributed by atoms with Gasteiger partial charge in [-0.3, -0.25) is 9.41 Å². The number of hydrogen-bond acceptors (Lipinski definition) is 0. The first kappa shape index (κ1) is 32.5. The van der Waals surface area contributed by atoms with Gasteiger partial charge in [0, 0.05) is 0 Å². The number of hydrogen-bond donors (Lipinski definition) is 1. The average molecular weight is 121 g/mol. The van der Waals surface area contributed by atoms with Gasteiger partial charge in [-0.05, 0) is 0 Å². The van der Waals surface area contributed by atoms with E-state index < -0.39 is 5.97 Å². The summed E-state index contributed by atoms with van der Waals surface area (Å²) in [7, 11) is 0. The number of halogens is 4. The smallest absolute Gasteiger partial charge is 0.322 e. The van der Waals surface area contributed by atoms with Crippen LogP contribution in [0.25, 0.3) is 0 Å². The van der Waals surface area contributed by atoms with E-state index in [1.165, 1.54) is 6.92 Å². The molecule has 0 aromatic carbocycles. The van der Waals surface area contributed by atoms with Gasteiger partial charge in [0.1, 0.15) is 0 Å². The molecule has 0 aromatic rings. The topological polar surface area (TPSA) is 25.6 Å². The Bertz CT molecular complexity index is 32.7. The Labute approximate surface area is 38.1 Å². The van der Waals surface area contributed by atoms with E-state index in [0.717, 1.165) is 0 Å². The average Bonchev–Trinajstić information content (AvgIpc) is 0.811. The van der Waals surface area contributed by atoms with Crippen LogP contribution in [0.1, 0.15) is 6.92 Å². The van der Waals surface area contributed by atoms with Crippen molar-refractivity contribution >= 4 is 5.97 Å². The minimum Gasteiger partial charge on any atom is -1.00 e. The van der Waals surface area contributed by atoms with Crippen LogP contribution in [0.4, 0.5) is 13.8 Å². The standard InChI is InChI=1S/C2H4FN.3FH/c1-2(3)4;;;/h4H,1H3;3*1H. The minimum atomic E-state index is -0.583. The molecule has 2 N–H and O–H groups in total. The Morgan fingerprint density at radius 2 is 1.43 bits per heavy atom. The Morgan fingerprint density at radius 3 is 1.43 bits per heavy atom. The molecule has 0 aliphatic heterocycles. The summed E-state index contributed by atoms with van der Waals surface area (Å²) in [6.45, 7) is 1.19. The maximum Gasteiger partial charge on any atom is 0.322 e. The van der Waals surface area contributed by atoms with Crippen molar-refractivity contribution in [3.05, 3.63) is 0 Å². The molecular weight excluding hydrogens is 114 g/mol. The van der Waals surface area contributed by atoms with Crippen molar-refractivity contribution in [3.8, 4) is 0 Å². The molecule has 0 amide bonds. The molecule has 0 saturated carbocycles. The molecule has 5 heteroatoms. The Hall–Kier alpha value is -0.610. The van der Waals surface area contributed by atoms with Gasteiger partial charge in [0.05, 0.1) is 6.92 Å². The Morgan fingerprint density at radius 1 is 1.43 bits per heavy atom. The van der Waals surface area contributed by atoms with Gasteiger partial charge in [-0.1, -0.05) is 0 Å². The lowest BCUT2D eigenvalue weighted by Crippen LogP contribution is -3.00. The number of rotatable bonds is 0. The van der Waals surface area contributed by atoms with E-state index in [-0.39, 0.29) is 14.1 Å². The van der Waals surface area contributed by atoms with Crippen LogP contribution in [0.15, 0.2) is 0 Å². The summed E-state index contributed by atoms with van der Waals surface area (Å²) < 4.78 is 10.7. The first-order chi connectivity index (χ1) is 1.73. The van der Waals surface area contributed by atoms with Crippen molar-refractivity contribution in [2.24, 2.45) is 0 Å². The van der Waals surface area contributed by atoms with Crippen LogP contribution >= 0.6 is 0 Å². The first-order valence-corrected chi connectivity index (χ1v) is 0.978. The molecule has 48 valence electrons.